The molecule has 8 heteroatoms. The lowest BCUT2D eigenvalue weighted by atomic mass is 10.1. The zero-order chi connectivity index (χ0) is 20.5. The highest BCUT2D eigenvalue weighted by Crippen LogP contribution is 2.24. The molecule has 1 aliphatic rings. The number of hydrogen-bond acceptors (Lipinski definition) is 4. The lowest BCUT2D eigenvalue weighted by Gasteiger charge is -2.34. The van der Waals surface area contributed by atoms with Gasteiger partial charge >= 0.3 is 0 Å². The van der Waals surface area contributed by atoms with E-state index in [1.54, 1.807) is 22.3 Å². The van der Waals surface area contributed by atoms with Gasteiger partial charge in [0.1, 0.15) is 0 Å². The fourth-order valence-corrected chi connectivity index (χ4v) is 4.56. The summed E-state index contributed by atoms with van der Waals surface area (Å²) in [5, 5.41) is 10.2. The van der Waals surface area contributed by atoms with E-state index in [-0.39, 0.29) is 11.8 Å². The molecular weight excluding hydrogens is 398 g/mol. The number of fused-ring (bicyclic) bond motifs is 1. The maximum atomic E-state index is 12.8. The number of nitrogens with one attached hydrogen (secondary N) is 2. The number of amides is 2. The van der Waals surface area contributed by atoms with Gasteiger partial charge in [0.2, 0.25) is 5.91 Å². The van der Waals surface area contributed by atoms with Gasteiger partial charge in [-0.25, -0.2) is 0 Å². The third kappa shape index (κ3) is 3.50. The molecule has 0 unspecified atom stereocenters. The zero-order valence-corrected chi connectivity index (χ0v) is 17.1. The topological polar surface area (TPSA) is 85.1 Å². The molecule has 0 spiro atoms. The van der Waals surface area contributed by atoms with Crippen LogP contribution < -0.4 is 0 Å². The van der Waals surface area contributed by atoms with Crippen LogP contribution in [0.3, 0.4) is 0 Å². The van der Waals surface area contributed by atoms with Gasteiger partial charge in [0, 0.05) is 43.3 Å². The van der Waals surface area contributed by atoms with Gasteiger partial charge in [0.25, 0.3) is 5.91 Å². The van der Waals surface area contributed by atoms with Gasteiger partial charge in [0.05, 0.1) is 17.0 Å². The first-order valence-corrected chi connectivity index (χ1v) is 10.8. The number of aromatic nitrogens is 3. The SMILES string of the molecule is O=C(Cc1c[nH]c2ccccc12)N1CCN(C(=O)c2cc(-c3cccs3)[nH]n2)CC1. The Hall–Kier alpha value is -3.39. The van der Waals surface area contributed by atoms with Gasteiger partial charge in [-0.3, -0.25) is 14.7 Å². The molecule has 1 saturated heterocycles. The maximum Gasteiger partial charge on any atom is 0.274 e. The Morgan fingerprint density at radius 3 is 2.63 bits per heavy atom. The van der Waals surface area contributed by atoms with Crippen molar-refractivity contribution < 1.29 is 9.59 Å². The molecule has 152 valence electrons. The van der Waals surface area contributed by atoms with E-state index < -0.39 is 0 Å². The van der Waals surface area contributed by atoms with Crippen LogP contribution in [0.15, 0.2) is 54.0 Å². The van der Waals surface area contributed by atoms with Crippen molar-refractivity contribution in [3.8, 4) is 10.6 Å². The number of nitrogens with zero attached hydrogens (tertiary/aromatic N) is 3. The molecular formula is C22H21N5O2S. The fourth-order valence-electron chi connectivity index (χ4n) is 3.86. The van der Waals surface area contributed by atoms with Crippen LogP contribution in [0.5, 0.6) is 0 Å². The summed E-state index contributed by atoms with van der Waals surface area (Å²) in [6.07, 6.45) is 2.27. The molecule has 30 heavy (non-hydrogen) atoms. The number of benzene rings is 1. The van der Waals surface area contributed by atoms with Crippen molar-refractivity contribution in [2.45, 2.75) is 6.42 Å². The summed E-state index contributed by atoms with van der Waals surface area (Å²) in [4.78, 5) is 33.5. The lowest BCUT2D eigenvalue weighted by Crippen LogP contribution is -2.51. The first-order valence-electron chi connectivity index (χ1n) is 9.90. The molecule has 1 fully saturated rings. The van der Waals surface area contributed by atoms with E-state index in [0.29, 0.717) is 38.3 Å². The summed E-state index contributed by atoms with van der Waals surface area (Å²) >= 11 is 1.60. The summed E-state index contributed by atoms with van der Waals surface area (Å²) in [7, 11) is 0. The molecule has 0 saturated carbocycles. The zero-order valence-electron chi connectivity index (χ0n) is 16.3. The molecule has 0 bridgehead atoms. The van der Waals surface area contributed by atoms with E-state index in [2.05, 4.69) is 15.2 Å². The molecule has 3 aromatic heterocycles. The average molecular weight is 420 g/mol. The quantitative estimate of drug-likeness (QED) is 0.533. The Bertz CT molecular complexity index is 1190. The smallest absolute Gasteiger partial charge is 0.274 e. The Morgan fingerprint density at radius 2 is 1.83 bits per heavy atom. The standard InChI is InChI=1S/C22H21N5O2S/c28-21(12-15-14-23-17-5-2-1-4-16(15)17)26-7-9-27(10-8-26)22(29)19-13-18(24-25-19)20-6-3-11-30-20/h1-6,11,13-14,23H,7-10,12H2,(H,24,25). The van der Waals surface area contributed by atoms with E-state index in [1.165, 1.54) is 0 Å². The monoisotopic (exact) mass is 419 g/mol. The fraction of sp³-hybridized carbons (Fsp3) is 0.227. The van der Waals surface area contributed by atoms with Crippen molar-refractivity contribution in [2.75, 3.05) is 26.2 Å². The number of carbonyl (C=O) groups excluding carboxylic acids is 2. The molecule has 7 nitrogen and oxygen atoms in total. The van der Waals surface area contributed by atoms with Crippen LogP contribution in [-0.2, 0) is 11.2 Å². The van der Waals surface area contributed by atoms with Gasteiger partial charge in [-0.2, -0.15) is 5.10 Å². The molecule has 1 aromatic carbocycles. The van der Waals surface area contributed by atoms with Gasteiger partial charge in [-0.05, 0) is 29.1 Å². The van der Waals surface area contributed by atoms with E-state index in [4.69, 9.17) is 0 Å². The van der Waals surface area contributed by atoms with Crippen LogP contribution in [0.25, 0.3) is 21.5 Å². The van der Waals surface area contributed by atoms with E-state index in [9.17, 15) is 9.59 Å². The lowest BCUT2D eigenvalue weighted by molar-refractivity contribution is -0.131. The predicted molar refractivity (Wildman–Crippen MR) is 116 cm³/mol. The van der Waals surface area contributed by atoms with Crippen LogP contribution in [0.1, 0.15) is 16.1 Å². The summed E-state index contributed by atoms with van der Waals surface area (Å²) < 4.78 is 0. The molecule has 2 N–H and O–H groups in total. The molecule has 2 amide bonds. The Balaban J connectivity index is 1.20. The third-order valence-corrected chi connectivity index (χ3v) is 6.42. The van der Waals surface area contributed by atoms with Crippen LogP contribution in [0.4, 0.5) is 0 Å². The number of thiophene rings is 1. The molecule has 0 radical (unpaired) electrons. The van der Waals surface area contributed by atoms with Crippen LogP contribution in [-0.4, -0.2) is 63.0 Å². The number of hydrogen-bond donors (Lipinski definition) is 2. The van der Waals surface area contributed by atoms with Crippen LogP contribution in [0, 0.1) is 0 Å². The van der Waals surface area contributed by atoms with Gasteiger partial charge in [-0.15, -0.1) is 11.3 Å². The Morgan fingerprint density at radius 1 is 1.03 bits per heavy atom. The second kappa shape index (κ2) is 7.79. The summed E-state index contributed by atoms with van der Waals surface area (Å²) in [6, 6.07) is 13.7. The summed E-state index contributed by atoms with van der Waals surface area (Å²) in [5.74, 6) is -0.00983. The normalized spacial score (nSPS) is 14.4. The minimum atomic E-state index is -0.0993. The van der Waals surface area contributed by atoms with Crippen molar-refractivity contribution in [1.82, 2.24) is 25.0 Å². The summed E-state index contributed by atoms with van der Waals surface area (Å²) in [5.41, 5.74) is 3.31. The Labute approximate surface area is 177 Å². The second-order valence-electron chi connectivity index (χ2n) is 7.35. The highest BCUT2D eigenvalue weighted by Gasteiger charge is 2.26. The van der Waals surface area contributed by atoms with Crippen LogP contribution in [0.2, 0.25) is 0 Å². The van der Waals surface area contributed by atoms with E-state index in [0.717, 1.165) is 27.0 Å². The molecule has 0 aliphatic carbocycles. The molecule has 5 rings (SSSR count). The number of para-hydroxylation sites is 1. The number of carbonyl (C=O) groups is 2. The van der Waals surface area contributed by atoms with E-state index in [1.807, 2.05) is 52.9 Å². The first kappa shape index (κ1) is 18.6. The van der Waals surface area contributed by atoms with Gasteiger partial charge < -0.3 is 14.8 Å². The highest BCUT2D eigenvalue weighted by molar-refractivity contribution is 7.13. The molecule has 4 heterocycles. The number of piperazine rings is 1. The maximum absolute atomic E-state index is 12.8. The van der Waals surface area contributed by atoms with Gasteiger partial charge in [-0.1, -0.05) is 24.3 Å². The average Bonchev–Trinajstić information content (AvgIpc) is 3.54. The number of rotatable bonds is 4. The number of aromatic amines is 2. The molecule has 0 atom stereocenters. The van der Waals surface area contributed by atoms with Crippen molar-refractivity contribution in [3.63, 3.8) is 0 Å². The second-order valence-corrected chi connectivity index (χ2v) is 8.30. The minimum absolute atomic E-state index is 0.0894. The minimum Gasteiger partial charge on any atom is -0.361 e. The largest absolute Gasteiger partial charge is 0.361 e. The molecule has 1 aliphatic heterocycles. The van der Waals surface area contributed by atoms with Crippen molar-refractivity contribution in [3.05, 3.63) is 65.3 Å². The van der Waals surface area contributed by atoms with Gasteiger partial charge in [0.15, 0.2) is 5.69 Å². The highest BCUT2D eigenvalue weighted by atomic mass is 32.1. The Kier molecular flexibility index (Phi) is 4.84. The summed E-state index contributed by atoms with van der Waals surface area (Å²) in [6.45, 7) is 2.10. The van der Waals surface area contributed by atoms with E-state index >= 15 is 0 Å². The van der Waals surface area contributed by atoms with Crippen molar-refractivity contribution in [2.24, 2.45) is 0 Å². The first-order chi connectivity index (χ1) is 14.7. The molecule has 4 aromatic rings. The van der Waals surface area contributed by atoms with Crippen LogP contribution >= 0.6 is 11.3 Å². The number of H-pyrrole nitrogens is 2. The van der Waals surface area contributed by atoms with Crippen molar-refractivity contribution >= 4 is 34.1 Å². The third-order valence-electron chi connectivity index (χ3n) is 5.52. The predicted octanol–water partition coefficient (Wildman–Crippen LogP) is 3.15. The van der Waals surface area contributed by atoms with Crippen molar-refractivity contribution in [1.29, 1.82) is 0 Å².